The number of benzene rings is 1. The summed E-state index contributed by atoms with van der Waals surface area (Å²) in [5, 5.41) is 11.4. The number of rotatable bonds is 7. The molecule has 1 aromatic rings. The molecule has 2 N–H and O–H groups in total. The van der Waals surface area contributed by atoms with Gasteiger partial charge in [-0.3, -0.25) is 9.59 Å². The molecule has 2 unspecified atom stereocenters. The first-order valence-corrected chi connectivity index (χ1v) is 6.77. The van der Waals surface area contributed by atoms with E-state index >= 15 is 0 Å². The first-order chi connectivity index (χ1) is 9.81. The topological polar surface area (TPSA) is 66.4 Å². The quantitative estimate of drug-likeness (QED) is 0.813. The van der Waals surface area contributed by atoms with Crippen molar-refractivity contribution < 1.29 is 23.5 Å². The fourth-order valence-electron chi connectivity index (χ4n) is 1.81. The molecule has 2 atom stereocenters. The molecule has 0 aliphatic carbocycles. The van der Waals surface area contributed by atoms with E-state index in [2.05, 4.69) is 5.32 Å². The number of hydrogen-bond donors (Lipinski definition) is 2. The van der Waals surface area contributed by atoms with Crippen LogP contribution in [0.25, 0.3) is 0 Å². The molecule has 4 nitrogen and oxygen atoms in total. The number of aryl methyl sites for hydroxylation is 1. The minimum Gasteiger partial charge on any atom is -0.481 e. The third-order valence-electron chi connectivity index (χ3n) is 3.38. The summed E-state index contributed by atoms with van der Waals surface area (Å²) in [7, 11) is 0. The summed E-state index contributed by atoms with van der Waals surface area (Å²) in [6.07, 6.45) is 1.13. The highest BCUT2D eigenvalue weighted by atomic mass is 19.2. The number of nitrogens with one attached hydrogen (secondary N) is 1. The third kappa shape index (κ3) is 5.49. The summed E-state index contributed by atoms with van der Waals surface area (Å²) in [4.78, 5) is 22.4. The van der Waals surface area contributed by atoms with Gasteiger partial charge in [-0.15, -0.1) is 0 Å². The van der Waals surface area contributed by atoms with Gasteiger partial charge in [0.15, 0.2) is 11.6 Å². The molecule has 0 saturated carbocycles. The van der Waals surface area contributed by atoms with Gasteiger partial charge in [0, 0.05) is 12.5 Å². The van der Waals surface area contributed by atoms with Gasteiger partial charge in [0.2, 0.25) is 5.91 Å². The van der Waals surface area contributed by atoms with Crippen LogP contribution in [-0.4, -0.2) is 23.0 Å². The van der Waals surface area contributed by atoms with Crippen molar-refractivity contribution in [1.82, 2.24) is 5.32 Å². The van der Waals surface area contributed by atoms with Crippen LogP contribution < -0.4 is 5.32 Å². The van der Waals surface area contributed by atoms with E-state index in [4.69, 9.17) is 5.11 Å². The zero-order valence-electron chi connectivity index (χ0n) is 12.0. The molecule has 0 saturated heterocycles. The van der Waals surface area contributed by atoms with Crippen molar-refractivity contribution >= 4 is 11.9 Å². The number of carboxylic acid groups (broad SMARTS) is 1. The molecule has 6 heteroatoms. The van der Waals surface area contributed by atoms with Crippen LogP contribution in [0.1, 0.15) is 32.3 Å². The van der Waals surface area contributed by atoms with E-state index in [-0.39, 0.29) is 12.3 Å². The highest BCUT2D eigenvalue weighted by Gasteiger charge is 2.20. The Morgan fingerprint density at radius 2 is 1.90 bits per heavy atom. The molecule has 1 amide bonds. The lowest BCUT2D eigenvalue weighted by molar-refractivity contribution is -0.142. The molecule has 0 fully saturated rings. The van der Waals surface area contributed by atoms with E-state index in [1.807, 2.05) is 0 Å². The van der Waals surface area contributed by atoms with Crippen LogP contribution in [0, 0.1) is 17.6 Å². The molecule has 116 valence electrons. The maximum absolute atomic E-state index is 13.0. The second kappa shape index (κ2) is 7.71. The summed E-state index contributed by atoms with van der Waals surface area (Å²) in [5.74, 6) is -3.68. The Balaban J connectivity index is 2.36. The van der Waals surface area contributed by atoms with Crippen LogP contribution in [0.3, 0.4) is 0 Å². The van der Waals surface area contributed by atoms with Crippen molar-refractivity contribution in [1.29, 1.82) is 0 Å². The van der Waals surface area contributed by atoms with Gasteiger partial charge >= 0.3 is 5.97 Å². The van der Waals surface area contributed by atoms with E-state index in [1.165, 1.54) is 13.0 Å². The second-order valence-corrected chi connectivity index (χ2v) is 5.09. The molecule has 0 bridgehead atoms. The van der Waals surface area contributed by atoms with Crippen LogP contribution in [0.15, 0.2) is 18.2 Å². The van der Waals surface area contributed by atoms with Gasteiger partial charge in [-0.1, -0.05) is 6.07 Å². The van der Waals surface area contributed by atoms with Crippen LogP contribution in [0.2, 0.25) is 0 Å². The first kappa shape index (κ1) is 17.1. The Labute approximate surface area is 122 Å². The smallest absolute Gasteiger partial charge is 0.308 e. The van der Waals surface area contributed by atoms with Gasteiger partial charge in [0.05, 0.1) is 5.92 Å². The molecule has 0 aromatic heterocycles. The van der Waals surface area contributed by atoms with Crippen LogP contribution >= 0.6 is 0 Å². The van der Waals surface area contributed by atoms with Crippen LogP contribution in [-0.2, 0) is 16.0 Å². The number of amides is 1. The Morgan fingerprint density at radius 3 is 2.48 bits per heavy atom. The third-order valence-corrected chi connectivity index (χ3v) is 3.38. The molecule has 1 aromatic carbocycles. The van der Waals surface area contributed by atoms with Gasteiger partial charge in [0.25, 0.3) is 0 Å². The normalized spacial score (nSPS) is 13.5. The lowest BCUT2D eigenvalue weighted by Gasteiger charge is -2.17. The molecule has 0 heterocycles. The van der Waals surface area contributed by atoms with Gasteiger partial charge in [-0.05, 0) is 44.4 Å². The van der Waals surface area contributed by atoms with Gasteiger partial charge in [-0.25, -0.2) is 8.78 Å². The fraction of sp³-hybridized carbons (Fsp3) is 0.467. The molecular formula is C15H19F2NO3. The summed E-state index contributed by atoms with van der Waals surface area (Å²) in [5.41, 5.74) is 0.619. The SMILES string of the molecule is CC(NC(=O)CCCc1ccc(F)c(F)c1)C(C)C(=O)O. The lowest BCUT2D eigenvalue weighted by atomic mass is 10.0. The van der Waals surface area contributed by atoms with Crippen molar-refractivity contribution in [3.8, 4) is 0 Å². The van der Waals surface area contributed by atoms with E-state index in [0.29, 0.717) is 18.4 Å². The van der Waals surface area contributed by atoms with E-state index in [9.17, 15) is 18.4 Å². The minimum atomic E-state index is -0.968. The van der Waals surface area contributed by atoms with Crippen molar-refractivity contribution in [3.05, 3.63) is 35.4 Å². The number of hydrogen-bond acceptors (Lipinski definition) is 2. The summed E-state index contributed by atoms with van der Waals surface area (Å²) < 4.78 is 25.7. The first-order valence-electron chi connectivity index (χ1n) is 6.77. The predicted molar refractivity (Wildman–Crippen MR) is 73.7 cm³/mol. The van der Waals surface area contributed by atoms with E-state index < -0.39 is 29.6 Å². The average molecular weight is 299 g/mol. The van der Waals surface area contributed by atoms with E-state index in [1.54, 1.807) is 6.92 Å². The number of aliphatic carboxylic acids is 1. The van der Waals surface area contributed by atoms with Gasteiger partial charge in [0.1, 0.15) is 0 Å². The van der Waals surface area contributed by atoms with Crippen molar-refractivity contribution in [2.75, 3.05) is 0 Å². The van der Waals surface area contributed by atoms with Gasteiger partial charge < -0.3 is 10.4 Å². The molecule has 21 heavy (non-hydrogen) atoms. The fourth-order valence-corrected chi connectivity index (χ4v) is 1.81. The zero-order valence-corrected chi connectivity index (χ0v) is 12.0. The van der Waals surface area contributed by atoms with Crippen molar-refractivity contribution in [3.63, 3.8) is 0 Å². The number of carbonyl (C=O) groups excluding carboxylic acids is 1. The Hall–Kier alpha value is -1.98. The number of carboxylic acids is 1. The standard InChI is InChI=1S/C15H19F2NO3/c1-9(15(20)21)10(2)18-14(19)5-3-4-11-6-7-12(16)13(17)8-11/h6-10H,3-5H2,1-2H3,(H,18,19)(H,20,21). The lowest BCUT2D eigenvalue weighted by Crippen LogP contribution is -2.39. The second-order valence-electron chi connectivity index (χ2n) is 5.09. The Bertz CT molecular complexity index is 520. The van der Waals surface area contributed by atoms with Crippen molar-refractivity contribution in [2.45, 2.75) is 39.2 Å². The summed E-state index contributed by atoms with van der Waals surface area (Å²) >= 11 is 0. The van der Waals surface area contributed by atoms with Crippen LogP contribution in [0.4, 0.5) is 8.78 Å². The molecule has 0 aliphatic heterocycles. The summed E-state index contributed by atoms with van der Waals surface area (Å²) in [6.45, 7) is 3.15. The van der Waals surface area contributed by atoms with Crippen LogP contribution in [0.5, 0.6) is 0 Å². The highest BCUT2D eigenvalue weighted by molar-refractivity contribution is 5.77. The number of carbonyl (C=O) groups is 2. The molecule has 0 aliphatic rings. The highest BCUT2D eigenvalue weighted by Crippen LogP contribution is 2.11. The zero-order chi connectivity index (χ0) is 16.0. The number of halogens is 2. The predicted octanol–water partition coefficient (Wildman–Crippen LogP) is 2.51. The van der Waals surface area contributed by atoms with Crippen molar-refractivity contribution in [2.24, 2.45) is 5.92 Å². The summed E-state index contributed by atoms with van der Waals surface area (Å²) in [6, 6.07) is 3.19. The van der Waals surface area contributed by atoms with E-state index in [0.717, 1.165) is 12.1 Å². The maximum atomic E-state index is 13.0. The Morgan fingerprint density at radius 1 is 1.24 bits per heavy atom. The average Bonchev–Trinajstić information content (AvgIpc) is 2.41. The van der Waals surface area contributed by atoms with Gasteiger partial charge in [-0.2, -0.15) is 0 Å². The minimum absolute atomic E-state index is 0.204. The molecular weight excluding hydrogens is 280 g/mol. The molecule has 0 radical (unpaired) electrons. The molecule has 0 spiro atoms. The largest absolute Gasteiger partial charge is 0.481 e. The monoisotopic (exact) mass is 299 g/mol. The maximum Gasteiger partial charge on any atom is 0.308 e. The Kier molecular flexibility index (Phi) is 6.27. The molecule has 1 rings (SSSR count).